The molecule has 0 spiro atoms. The van der Waals surface area contributed by atoms with Gasteiger partial charge in [-0.3, -0.25) is 0 Å². The van der Waals surface area contributed by atoms with E-state index >= 15 is 0 Å². The Bertz CT molecular complexity index is 610. The normalized spacial score (nSPS) is 21.9. The van der Waals surface area contributed by atoms with Crippen LogP contribution >= 0.6 is 43.2 Å². The summed E-state index contributed by atoms with van der Waals surface area (Å²) in [4.78, 5) is 0.993. The Morgan fingerprint density at radius 3 is 2.79 bits per heavy atom. The second kappa shape index (κ2) is 5.16. The molecule has 0 aliphatic carbocycles. The molecular weight excluding hydrogens is 399 g/mol. The number of halogens is 3. The fraction of sp³-hybridized carbons (Fsp3) is 0.231. The number of hydrogen-bond acceptors (Lipinski definition) is 3. The number of rotatable bonds is 1. The minimum Gasteiger partial charge on any atom is -0.484 e. The molecule has 3 rings (SSSR count). The Kier molecular flexibility index (Phi) is 3.68. The zero-order chi connectivity index (χ0) is 13.6. The summed E-state index contributed by atoms with van der Waals surface area (Å²) in [5, 5.41) is 10.1. The molecule has 1 N–H and O–H groups in total. The summed E-state index contributed by atoms with van der Waals surface area (Å²) < 4.78 is 21.0. The van der Waals surface area contributed by atoms with Crippen LogP contribution in [0.1, 0.15) is 29.1 Å². The second-order valence-corrected chi connectivity index (χ2v) is 7.57. The van der Waals surface area contributed by atoms with E-state index in [4.69, 9.17) is 4.74 Å². The van der Waals surface area contributed by atoms with E-state index in [-0.39, 0.29) is 11.9 Å². The lowest BCUT2D eigenvalue weighted by Gasteiger charge is -2.29. The fourth-order valence-electron chi connectivity index (χ4n) is 2.11. The zero-order valence-corrected chi connectivity index (χ0v) is 13.6. The minimum atomic E-state index is -0.631. The molecule has 0 fully saturated rings. The number of aliphatic hydroxyl groups excluding tert-OH is 1. The van der Waals surface area contributed by atoms with E-state index in [9.17, 15) is 9.50 Å². The van der Waals surface area contributed by atoms with Crippen LogP contribution in [0.25, 0.3) is 0 Å². The largest absolute Gasteiger partial charge is 0.484 e. The summed E-state index contributed by atoms with van der Waals surface area (Å²) in [5.41, 5.74) is 0.646. The summed E-state index contributed by atoms with van der Waals surface area (Å²) in [6.45, 7) is 0. The van der Waals surface area contributed by atoms with Gasteiger partial charge in [-0.05, 0) is 50.1 Å². The molecule has 2 atom stereocenters. The Morgan fingerprint density at radius 2 is 2.11 bits per heavy atom. The van der Waals surface area contributed by atoms with E-state index in [0.29, 0.717) is 17.7 Å². The molecule has 19 heavy (non-hydrogen) atoms. The summed E-state index contributed by atoms with van der Waals surface area (Å²) in [7, 11) is 0. The highest BCUT2D eigenvalue weighted by atomic mass is 79.9. The van der Waals surface area contributed by atoms with Gasteiger partial charge in [0.2, 0.25) is 0 Å². The van der Waals surface area contributed by atoms with Crippen LogP contribution in [0.5, 0.6) is 5.75 Å². The lowest BCUT2D eigenvalue weighted by molar-refractivity contribution is 0.0670. The Labute approximate surface area is 130 Å². The van der Waals surface area contributed by atoms with Gasteiger partial charge in [-0.25, -0.2) is 4.39 Å². The van der Waals surface area contributed by atoms with E-state index < -0.39 is 6.10 Å². The van der Waals surface area contributed by atoms with Crippen LogP contribution in [0.3, 0.4) is 0 Å². The van der Waals surface area contributed by atoms with Gasteiger partial charge < -0.3 is 9.84 Å². The summed E-state index contributed by atoms with van der Waals surface area (Å²) in [5.74, 6) is 0.0598. The maximum absolute atomic E-state index is 13.2. The molecule has 1 aliphatic heterocycles. The Balaban J connectivity index is 1.96. The number of fused-ring (bicyclic) bond motifs is 1. The van der Waals surface area contributed by atoms with Gasteiger partial charge in [0.1, 0.15) is 17.7 Å². The van der Waals surface area contributed by atoms with Crippen LogP contribution < -0.4 is 4.74 Å². The highest BCUT2D eigenvalue weighted by molar-refractivity contribution is 9.13. The Hall–Kier alpha value is -0.430. The van der Waals surface area contributed by atoms with Gasteiger partial charge in [0.15, 0.2) is 0 Å². The third kappa shape index (κ3) is 2.59. The van der Waals surface area contributed by atoms with E-state index in [1.165, 1.54) is 12.1 Å². The third-order valence-corrected chi connectivity index (χ3v) is 6.37. The molecule has 1 aromatic heterocycles. The van der Waals surface area contributed by atoms with E-state index in [1.807, 2.05) is 6.07 Å². The topological polar surface area (TPSA) is 29.5 Å². The maximum atomic E-state index is 13.2. The lowest BCUT2D eigenvalue weighted by atomic mass is 9.98. The zero-order valence-electron chi connectivity index (χ0n) is 9.57. The molecule has 2 heterocycles. The molecule has 2 aromatic rings. The molecule has 0 amide bonds. The van der Waals surface area contributed by atoms with Crippen LogP contribution in [0.4, 0.5) is 4.39 Å². The van der Waals surface area contributed by atoms with Crippen molar-refractivity contribution >= 4 is 43.2 Å². The summed E-state index contributed by atoms with van der Waals surface area (Å²) in [6.07, 6.45) is -0.413. The molecule has 6 heteroatoms. The molecule has 0 saturated carbocycles. The quantitative estimate of drug-likeness (QED) is 0.723. The SMILES string of the molecule is OC1CC(c2cc(Br)c(Br)s2)Oc2cc(F)ccc21. The predicted octanol–water partition coefficient (Wildman–Crippen LogP) is 4.97. The van der Waals surface area contributed by atoms with Gasteiger partial charge in [0.05, 0.1) is 9.89 Å². The van der Waals surface area contributed by atoms with Crippen molar-refractivity contribution in [1.29, 1.82) is 0 Å². The first-order valence-corrected chi connectivity index (χ1v) is 8.03. The molecule has 2 unspecified atom stereocenters. The van der Waals surface area contributed by atoms with Gasteiger partial charge in [-0.2, -0.15) is 0 Å². The monoisotopic (exact) mass is 406 g/mol. The molecule has 1 aliphatic rings. The number of ether oxygens (including phenoxy) is 1. The molecule has 1 aromatic carbocycles. The van der Waals surface area contributed by atoms with Gasteiger partial charge >= 0.3 is 0 Å². The molecule has 0 radical (unpaired) electrons. The fourth-order valence-corrected chi connectivity index (χ4v) is 4.24. The first-order chi connectivity index (χ1) is 9.04. The molecular formula is C13H9Br2FO2S. The van der Waals surface area contributed by atoms with E-state index in [0.717, 1.165) is 13.1 Å². The van der Waals surface area contributed by atoms with Crippen molar-refractivity contribution in [2.45, 2.75) is 18.6 Å². The van der Waals surface area contributed by atoms with Crippen molar-refractivity contribution in [1.82, 2.24) is 0 Å². The first-order valence-electron chi connectivity index (χ1n) is 5.63. The van der Waals surface area contributed by atoms with Crippen molar-refractivity contribution < 1.29 is 14.2 Å². The predicted molar refractivity (Wildman–Crippen MR) is 79.1 cm³/mol. The second-order valence-electron chi connectivity index (χ2n) is 4.31. The van der Waals surface area contributed by atoms with Crippen molar-refractivity contribution in [3.8, 4) is 5.75 Å². The first kappa shape index (κ1) is 13.5. The van der Waals surface area contributed by atoms with E-state index in [1.54, 1.807) is 17.4 Å². The van der Waals surface area contributed by atoms with Crippen molar-refractivity contribution in [2.24, 2.45) is 0 Å². The Morgan fingerprint density at radius 1 is 1.32 bits per heavy atom. The smallest absolute Gasteiger partial charge is 0.136 e. The molecule has 100 valence electrons. The van der Waals surface area contributed by atoms with Gasteiger partial charge in [-0.1, -0.05) is 0 Å². The third-order valence-electron chi connectivity index (χ3n) is 3.02. The lowest BCUT2D eigenvalue weighted by Crippen LogP contribution is -2.18. The van der Waals surface area contributed by atoms with Gasteiger partial charge in [0.25, 0.3) is 0 Å². The average molecular weight is 408 g/mol. The standard InChI is InChI=1S/C13H9Br2FO2S/c14-8-4-12(19-13(8)15)11-5-9(17)7-2-1-6(16)3-10(7)18-11/h1-4,9,11,17H,5H2. The number of hydrogen-bond donors (Lipinski definition) is 1. The van der Waals surface area contributed by atoms with Crippen LogP contribution in [0, 0.1) is 5.82 Å². The highest BCUT2D eigenvalue weighted by Gasteiger charge is 2.29. The maximum Gasteiger partial charge on any atom is 0.136 e. The van der Waals surface area contributed by atoms with Crippen LogP contribution in [0.15, 0.2) is 32.5 Å². The van der Waals surface area contributed by atoms with Crippen LogP contribution in [-0.4, -0.2) is 5.11 Å². The highest BCUT2D eigenvalue weighted by Crippen LogP contribution is 2.45. The summed E-state index contributed by atoms with van der Waals surface area (Å²) in [6, 6.07) is 6.19. The van der Waals surface area contributed by atoms with Crippen molar-refractivity contribution in [3.05, 3.63) is 48.8 Å². The molecule has 2 nitrogen and oxygen atoms in total. The van der Waals surface area contributed by atoms with Crippen molar-refractivity contribution in [2.75, 3.05) is 0 Å². The summed E-state index contributed by atoms with van der Waals surface area (Å²) >= 11 is 8.40. The van der Waals surface area contributed by atoms with Crippen LogP contribution in [0.2, 0.25) is 0 Å². The molecule has 0 saturated heterocycles. The van der Waals surface area contributed by atoms with Crippen LogP contribution in [-0.2, 0) is 0 Å². The van der Waals surface area contributed by atoms with Crippen molar-refractivity contribution in [3.63, 3.8) is 0 Å². The van der Waals surface area contributed by atoms with Gasteiger partial charge in [-0.15, -0.1) is 11.3 Å². The number of thiophene rings is 1. The average Bonchev–Trinajstić information content (AvgIpc) is 2.69. The number of benzene rings is 1. The van der Waals surface area contributed by atoms with Gasteiger partial charge in [0, 0.05) is 27.4 Å². The minimum absolute atomic E-state index is 0.253. The van der Waals surface area contributed by atoms with E-state index in [2.05, 4.69) is 31.9 Å². The number of aliphatic hydroxyl groups is 1. The molecule has 0 bridgehead atoms.